The van der Waals surface area contributed by atoms with Crippen LogP contribution in [0.15, 0.2) is 22.7 Å². The van der Waals surface area contributed by atoms with Gasteiger partial charge in [-0.1, -0.05) is 45.4 Å². The van der Waals surface area contributed by atoms with E-state index >= 15 is 0 Å². The van der Waals surface area contributed by atoms with Crippen molar-refractivity contribution in [1.29, 1.82) is 0 Å². The summed E-state index contributed by atoms with van der Waals surface area (Å²) < 4.78 is 1.11. The van der Waals surface area contributed by atoms with Gasteiger partial charge in [0.05, 0.1) is 0 Å². The van der Waals surface area contributed by atoms with Crippen LogP contribution in [0.5, 0.6) is 0 Å². The minimum absolute atomic E-state index is 0.608. The van der Waals surface area contributed by atoms with Crippen molar-refractivity contribution in [1.82, 2.24) is 0 Å². The van der Waals surface area contributed by atoms with E-state index in [0.717, 1.165) is 10.4 Å². The van der Waals surface area contributed by atoms with Gasteiger partial charge in [-0.25, -0.2) is 0 Å². The van der Waals surface area contributed by atoms with Crippen LogP contribution in [0.2, 0.25) is 0 Å². The molecule has 0 fully saturated rings. The summed E-state index contributed by atoms with van der Waals surface area (Å²) in [6, 6.07) is 9.35. The molecule has 1 heteroatoms. The fourth-order valence-electron chi connectivity index (χ4n) is 1.44. The van der Waals surface area contributed by atoms with Crippen LogP contribution in [0.4, 0.5) is 0 Å². The SMILES string of the molecule is CCC(C)C(C)c1ccc[c]c1Br. The molecule has 71 valence electrons. The van der Waals surface area contributed by atoms with Crippen molar-refractivity contribution in [2.45, 2.75) is 33.1 Å². The maximum Gasteiger partial charge on any atom is 0.0288 e. The zero-order valence-electron chi connectivity index (χ0n) is 8.47. The lowest BCUT2D eigenvalue weighted by molar-refractivity contribution is 0.472. The average Bonchev–Trinajstić information content (AvgIpc) is 2.16. The number of hydrogen-bond acceptors (Lipinski definition) is 0. The summed E-state index contributed by atoms with van der Waals surface area (Å²) >= 11 is 3.54. The van der Waals surface area contributed by atoms with Gasteiger partial charge in [0.1, 0.15) is 0 Å². The van der Waals surface area contributed by atoms with E-state index in [2.05, 4.69) is 54.9 Å². The Hall–Kier alpha value is -0.300. The highest BCUT2D eigenvalue weighted by atomic mass is 79.9. The summed E-state index contributed by atoms with van der Waals surface area (Å²) in [5.74, 6) is 1.34. The highest BCUT2D eigenvalue weighted by Gasteiger charge is 2.14. The molecule has 0 amide bonds. The average molecular weight is 240 g/mol. The van der Waals surface area contributed by atoms with Crippen LogP contribution in [0.25, 0.3) is 0 Å². The molecule has 0 aliphatic carbocycles. The third-order valence-electron chi connectivity index (χ3n) is 2.82. The second kappa shape index (κ2) is 4.80. The van der Waals surface area contributed by atoms with Crippen LogP contribution in [0.1, 0.15) is 38.7 Å². The molecule has 13 heavy (non-hydrogen) atoms. The van der Waals surface area contributed by atoms with Gasteiger partial charge in [0.2, 0.25) is 0 Å². The Morgan fingerprint density at radius 1 is 1.46 bits per heavy atom. The van der Waals surface area contributed by atoms with Gasteiger partial charge in [-0.15, -0.1) is 0 Å². The van der Waals surface area contributed by atoms with Gasteiger partial charge in [-0.3, -0.25) is 0 Å². The molecule has 1 radical (unpaired) electrons. The predicted molar refractivity (Wildman–Crippen MR) is 60.8 cm³/mol. The topological polar surface area (TPSA) is 0 Å². The number of hydrogen-bond donors (Lipinski definition) is 0. The van der Waals surface area contributed by atoms with E-state index < -0.39 is 0 Å². The first kappa shape index (κ1) is 10.8. The maximum absolute atomic E-state index is 3.54. The van der Waals surface area contributed by atoms with Gasteiger partial charge in [-0.05, 0) is 39.4 Å². The monoisotopic (exact) mass is 239 g/mol. The summed E-state index contributed by atoms with van der Waals surface area (Å²) in [4.78, 5) is 0. The van der Waals surface area contributed by atoms with Gasteiger partial charge in [-0.2, -0.15) is 0 Å². The van der Waals surface area contributed by atoms with Crippen molar-refractivity contribution >= 4 is 15.9 Å². The third kappa shape index (κ3) is 2.57. The van der Waals surface area contributed by atoms with E-state index in [0.29, 0.717) is 5.92 Å². The Balaban J connectivity index is 2.88. The molecular weight excluding hydrogens is 224 g/mol. The molecule has 0 spiro atoms. The molecule has 0 bridgehead atoms. The highest BCUT2D eigenvalue weighted by Crippen LogP contribution is 2.30. The lowest BCUT2D eigenvalue weighted by atomic mass is 9.87. The number of rotatable bonds is 3. The molecule has 1 aromatic rings. The molecule has 0 N–H and O–H groups in total. The predicted octanol–water partition coefficient (Wildman–Crippen LogP) is 4.40. The molecule has 1 rings (SSSR count). The van der Waals surface area contributed by atoms with Crippen molar-refractivity contribution in [3.63, 3.8) is 0 Å². The molecule has 0 saturated carbocycles. The van der Waals surface area contributed by atoms with Crippen molar-refractivity contribution in [2.75, 3.05) is 0 Å². The minimum Gasteiger partial charge on any atom is -0.0651 e. The van der Waals surface area contributed by atoms with Crippen LogP contribution >= 0.6 is 15.9 Å². The Labute approximate surface area is 89.5 Å². The fourth-order valence-corrected chi connectivity index (χ4v) is 2.07. The second-order valence-electron chi connectivity index (χ2n) is 3.61. The highest BCUT2D eigenvalue weighted by molar-refractivity contribution is 9.10. The van der Waals surface area contributed by atoms with E-state index in [1.54, 1.807) is 0 Å². The summed E-state index contributed by atoms with van der Waals surface area (Å²) in [7, 11) is 0. The Kier molecular flexibility index (Phi) is 3.98. The molecule has 2 unspecified atom stereocenters. The maximum atomic E-state index is 3.54. The Morgan fingerprint density at radius 2 is 2.15 bits per heavy atom. The molecule has 2 atom stereocenters. The van der Waals surface area contributed by atoms with Gasteiger partial charge in [0.15, 0.2) is 0 Å². The first-order chi connectivity index (χ1) is 6.16. The van der Waals surface area contributed by atoms with Gasteiger partial charge >= 0.3 is 0 Å². The van der Waals surface area contributed by atoms with Gasteiger partial charge in [0, 0.05) is 4.47 Å². The van der Waals surface area contributed by atoms with E-state index in [9.17, 15) is 0 Å². The summed E-state index contributed by atoms with van der Waals surface area (Å²) in [6.45, 7) is 6.81. The van der Waals surface area contributed by atoms with Crippen molar-refractivity contribution in [3.05, 3.63) is 34.3 Å². The van der Waals surface area contributed by atoms with Crippen molar-refractivity contribution in [2.24, 2.45) is 5.92 Å². The largest absolute Gasteiger partial charge is 0.0651 e. The van der Waals surface area contributed by atoms with Crippen LogP contribution in [0, 0.1) is 12.0 Å². The second-order valence-corrected chi connectivity index (χ2v) is 4.41. The Morgan fingerprint density at radius 3 is 2.69 bits per heavy atom. The van der Waals surface area contributed by atoms with Gasteiger partial charge < -0.3 is 0 Å². The third-order valence-corrected chi connectivity index (χ3v) is 3.51. The summed E-state index contributed by atoms with van der Waals surface area (Å²) in [5.41, 5.74) is 1.37. The Bertz CT molecular complexity index is 268. The van der Waals surface area contributed by atoms with Crippen LogP contribution < -0.4 is 0 Å². The van der Waals surface area contributed by atoms with Crippen LogP contribution in [-0.4, -0.2) is 0 Å². The normalized spacial score (nSPS) is 15.4. The minimum atomic E-state index is 0.608. The number of benzene rings is 1. The van der Waals surface area contributed by atoms with E-state index in [4.69, 9.17) is 0 Å². The fraction of sp³-hybridized carbons (Fsp3) is 0.500. The lowest BCUT2D eigenvalue weighted by Crippen LogP contribution is -2.05. The molecule has 0 aromatic heterocycles. The van der Waals surface area contributed by atoms with Gasteiger partial charge in [0.25, 0.3) is 0 Å². The quantitative estimate of drug-likeness (QED) is 0.734. The zero-order chi connectivity index (χ0) is 9.84. The van der Waals surface area contributed by atoms with E-state index in [1.165, 1.54) is 12.0 Å². The van der Waals surface area contributed by atoms with Crippen molar-refractivity contribution in [3.8, 4) is 0 Å². The number of halogens is 1. The first-order valence-electron chi connectivity index (χ1n) is 4.83. The molecule has 0 heterocycles. The molecule has 0 nitrogen and oxygen atoms in total. The van der Waals surface area contributed by atoms with Crippen molar-refractivity contribution < 1.29 is 0 Å². The molecule has 0 aliphatic heterocycles. The zero-order valence-corrected chi connectivity index (χ0v) is 10.1. The standard InChI is InChI=1S/C12H16Br/c1-4-9(2)10(3)11-7-5-6-8-12(11)13/h5-7,9-10H,4H2,1-3H3. The lowest BCUT2D eigenvalue weighted by Gasteiger charge is -2.19. The van der Waals surface area contributed by atoms with E-state index in [1.807, 2.05) is 6.07 Å². The molecule has 1 aromatic carbocycles. The van der Waals surface area contributed by atoms with Crippen LogP contribution in [-0.2, 0) is 0 Å². The summed E-state index contributed by atoms with van der Waals surface area (Å²) in [5, 5.41) is 0. The van der Waals surface area contributed by atoms with E-state index in [-0.39, 0.29) is 0 Å². The molecular formula is C12H16Br. The smallest absolute Gasteiger partial charge is 0.0288 e. The van der Waals surface area contributed by atoms with Crippen LogP contribution in [0.3, 0.4) is 0 Å². The molecule has 0 saturated heterocycles. The molecule has 0 aliphatic rings. The first-order valence-corrected chi connectivity index (χ1v) is 5.62. The summed E-state index contributed by atoms with van der Waals surface area (Å²) in [6.07, 6.45) is 1.22.